The number of fused-ring (bicyclic) bond motifs is 1. The van der Waals surface area contributed by atoms with Gasteiger partial charge in [-0.05, 0) is 24.1 Å². The number of tetrazole rings is 1. The van der Waals surface area contributed by atoms with Crippen LogP contribution < -0.4 is 56.5 Å². The van der Waals surface area contributed by atoms with E-state index in [4.69, 9.17) is 6.57 Å². The molecule has 0 spiro atoms. The molecule has 0 saturated heterocycles. The number of benzene rings is 2. The second-order valence-corrected chi connectivity index (χ2v) is 6.44. The van der Waals surface area contributed by atoms with Gasteiger partial charge in [-0.15, -0.1) is 0 Å². The zero-order chi connectivity index (χ0) is 20.6. The van der Waals surface area contributed by atoms with Crippen molar-refractivity contribution in [2.45, 2.75) is 26.0 Å². The van der Waals surface area contributed by atoms with Gasteiger partial charge in [-0.1, -0.05) is 30.3 Å². The van der Waals surface area contributed by atoms with Crippen LogP contribution in [0.5, 0.6) is 0 Å². The second kappa shape index (κ2) is 8.97. The maximum absolute atomic E-state index is 14.7. The van der Waals surface area contributed by atoms with Crippen molar-refractivity contribution in [3.63, 3.8) is 0 Å². The molecule has 0 bridgehead atoms. The van der Waals surface area contributed by atoms with Gasteiger partial charge in [0.15, 0.2) is 5.69 Å². The number of hydrogen-bond donors (Lipinski definition) is 1. The van der Waals surface area contributed by atoms with Crippen LogP contribution in [0.15, 0.2) is 36.4 Å². The number of aryl methyl sites for hydroxylation is 1. The van der Waals surface area contributed by atoms with Crippen molar-refractivity contribution in [3.8, 4) is 0 Å². The van der Waals surface area contributed by atoms with Gasteiger partial charge in [0.2, 0.25) is 0 Å². The Labute approximate surface area is 212 Å². The molecule has 8 nitrogen and oxygen atoms in total. The molecule has 0 radical (unpaired) electrons. The first-order valence-electron chi connectivity index (χ1n) is 8.59. The van der Waals surface area contributed by atoms with Crippen LogP contribution in [0.3, 0.4) is 0 Å². The van der Waals surface area contributed by atoms with E-state index < -0.39 is 11.7 Å². The zero-order valence-corrected chi connectivity index (χ0v) is 19.3. The number of aliphatic hydroxyl groups excluding tert-OH is 1. The molecule has 0 saturated carbocycles. The molecule has 30 heavy (non-hydrogen) atoms. The molecule has 0 aliphatic rings. The summed E-state index contributed by atoms with van der Waals surface area (Å²) in [5.41, 5.74) is 2.37. The summed E-state index contributed by atoms with van der Waals surface area (Å²) in [7, 11) is 0. The summed E-state index contributed by atoms with van der Waals surface area (Å²) in [5, 5.41) is 27.6. The Hall–Kier alpha value is -2.07. The maximum atomic E-state index is 14.7. The third-order valence-corrected chi connectivity index (χ3v) is 4.75. The van der Waals surface area contributed by atoms with E-state index in [1.807, 2.05) is 0 Å². The molecular formula is C19H14F2KN7O. The molecule has 0 amide bonds. The summed E-state index contributed by atoms with van der Waals surface area (Å²) in [4.78, 5) is 3.50. The molecule has 0 fully saturated rings. The normalized spacial score (nSPS) is 11.3. The Morgan fingerprint density at radius 3 is 2.73 bits per heavy atom. The molecule has 1 N–H and O–H groups in total. The summed E-state index contributed by atoms with van der Waals surface area (Å²) in [6.45, 7) is 9.07. The third kappa shape index (κ3) is 3.94. The summed E-state index contributed by atoms with van der Waals surface area (Å²) in [6, 6.07) is 9.24. The number of aromatic nitrogens is 6. The zero-order valence-electron chi connectivity index (χ0n) is 16.2. The number of alkyl halides is 2. The standard InChI is InChI=1S/C19H14F2N7O.K/c1-11-14-7-6-13(19(20,21)18-23-26-27-24-18)8-17(14)28(25-11)9-15-12(10-29)4-3-5-16(15)22-2;/h3-8,29H,9-10H2,1H3;/q-1;+1. The molecule has 2 aromatic carbocycles. The van der Waals surface area contributed by atoms with E-state index in [0.717, 1.165) is 0 Å². The molecule has 0 unspecified atom stereocenters. The Balaban J connectivity index is 0.00000256. The molecule has 11 heteroatoms. The van der Waals surface area contributed by atoms with Gasteiger partial charge in [-0.2, -0.15) is 19.1 Å². The SMILES string of the molecule is [C-]#[N+]c1cccc(CO)c1Cn1nc(C)c2ccc(C(F)(F)c3nnn[n-]3)cc21.[K+]. The van der Waals surface area contributed by atoms with Crippen molar-refractivity contribution in [3.05, 3.63) is 76.0 Å². The predicted octanol–water partition coefficient (Wildman–Crippen LogP) is -0.278. The minimum Gasteiger partial charge on any atom is -0.392 e. The number of hydrogen-bond acceptors (Lipinski definition) is 5. The largest absolute Gasteiger partial charge is 1.00 e. The van der Waals surface area contributed by atoms with E-state index in [9.17, 15) is 13.9 Å². The summed E-state index contributed by atoms with van der Waals surface area (Å²) in [5.74, 6) is -4.24. The quantitative estimate of drug-likeness (QED) is 0.344. The summed E-state index contributed by atoms with van der Waals surface area (Å²) in [6.07, 6.45) is 0. The Morgan fingerprint density at radius 2 is 2.07 bits per heavy atom. The fourth-order valence-corrected chi connectivity index (χ4v) is 3.26. The van der Waals surface area contributed by atoms with Gasteiger partial charge in [0.1, 0.15) is 0 Å². The Kier molecular flexibility index (Phi) is 6.76. The minimum absolute atomic E-state index is 0. The van der Waals surface area contributed by atoms with Gasteiger partial charge in [0, 0.05) is 10.9 Å². The minimum atomic E-state index is -3.47. The van der Waals surface area contributed by atoms with Gasteiger partial charge in [0.05, 0.1) is 36.8 Å². The first kappa shape index (κ1) is 22.6. The number of aliphatic hydroxyl groups is 1. The number of rotatable bonds is 5. The van der Waals surface area contributed by atoms with Crippen LogP contribution in [0.4, 0.5) is 14.5 Å². The Bertz CT molecular complexity index is 1230. The summed E-state index contributed by atoms with van der Waals surface area (Å²) < 4.78 is 31.0. The molecule has 146 valence electrons. The first-order chi connectivity index (χ1) is 14.0. The topological polar surface area (TPSA) is 95.2 Å². The first-order valence-corrected chi connectivity index (χ1v) is 8.59. The van der Waals surface area contributed by atoms with Gasteiger partial charge < -0.3 is 10.2 Å². The molecule has 2 aromatic heterocycles. The third-order valence-electron chi connectivity index (χ3n) is 4.75. The van der Waals surface area contributed by atoms with Crippen molar-refractivity contribution in [2.24, 2.45) is 0 Å². The van der Waals surface area contributed by atoms with E-state index in [-0.39, 0.29) is 70.1 Å². The average molecular weight is 433 g/mol. The molecule has 4 aromatic rings. The van der Waals surface area contributed by atoms with E-state index in [1.165, 1.54) is 12.1 Å². The van der Waals surface area contributed by atoms with Gasteiger partial charge in [0.25, 0.3) is 0 Å². The Morgan fingerprint density at radius 1 is 1.27 bits per heavy atom. The number of nitrogens with zero attached hydrogens (tertiary/aromatic N) is 7. The monoisotopic (exact) mass is 433 g/mol. The van der Waals surface area contributed by atoms with Crippen LogP contribution in [0, 0.1) is 13.5 Å². The van der Waals surface area contributed by atoms with E-state index in [1.54, 1.807) is 35.9 Å². The molecule has 0 aliphatic heterocycles. The molecular weight excluding hydrogens is 419 g/mol. The van der Waals surface area contributed by atoms with Crippen molar-refractivity contribution in [2.75, 3.05) is 0 Å². The average Bonchev–Trinajstić information content (AvgIpc) is 3.37. The summed E-state index contributed by atoms with van der Waals surface area (Å²) >= 11 is 0. The van der Waals surface area contributed by atoms with Crippen molar-refractivity contribution in [1.82, 2.24) is 30.4 Å². The fourth-order valence-electron chi connectivity index (χ4n) is 3.26. The number of halogens is 2. The van der Waals surface area contributed by atoms with Crippen molar-refractivity contribution < 1.29 is 65.3 Å². The van der Waals surface area contributed by atoms with E-state index >= 15 is 0 Å². The predicted molar refractivity (Wildman–Crippen MR) is 98.3 cm³/mol. The molecule has 0 atom stereocenters. The van der Waals surface area contributed by atoms with Crippen molar-refractivity contribution in [1.29, 1.82) is 0 Å². The van der Waals surface area contributed by atoms with Crippen LogP contribution in [0.2, 0.25) is 0 Å². The van der Waals surface area contributed by atoms with Gasteiger partial charge >= 0.3 is 57.3 Å². The van der Waals surface area contributed by atoms with Crippen LogP contribution in [0.25, 0.3) is 15.7 Å². The molecule has 2 heterocycles. The van der Waals surface area contributed by atoms with Crippen molar-refractivity contribution >= 4 is 16.6 Å². The van der Waals surface area contributed by atoms with Gasteiger partial charge in [-0.25, -0.2) is 4.85 Å². The smallest absolute Gasteiger partial charge is 0.392 e. The second-order valence-electron chi connectivity index (χ2n) is 6.44. The van der Waals surface area contributed by atoms with Crippen LogP contribution in [-0.4, -0.2) is 30.4 Å². The van der Waals surface area contributed by atoms with E-state index in [2.05, 4.69) is 30.6 Å². The van der Waals surface area contributed by atoms with E-state index in [0.29, 0.717) is 33.4 Å². The fraction of sp³-hybridized carbons (Fsp3) is 0.211. The van der Waals surface area contributed by atoms with Gasteiger partial charge in [-0.3, -0.25) is 15.0 Å². The molecule has 0 aliphatic carbocycles. The maximum Gasteiger partial charge on any atom is 1.00 e. The van der Waals surface area contributed by atoms with Crippen LogP contribution in [0.1, 0.15) is 28.2 Å². The van der Waals surface area contributed by atoms with Crippen LogP contribution in [-0.2, 0) is 19.1 Å². The van der Waals surface area contributed by atoms with Crippen LogP contribution >= 0.6 is 0 Å². The molecule has 4 rings (SSSR count).